The highest BCUT2D eigenvalue weighted by atomic mass is 16.5. The molecule has 0 aliphatic rings. The van der Waals surface area contributed by atoms with Crippen LogP contribution in [-0.4, -0.2) is 39.3 Å². The molecule has 7 heteroatoms. The first-order valence-corrected chi connectivity index (χ1v) is 4.31. The SMILES string of the molecule is NC(=NO)c1cnc(OCCCO)cn1. The van der Waals surface area contributed by atoms with E-state index in [0.717, 1.165) is 0 Å². The van der Waals surface area contributed by atoms with Gasteiger partial charge in [-0.2, -0.15) is 0 Å². The van der Waals surface area contributed by atoms with Crippen LogP contribution < -0.4 is 10.5 Å². The van der Waals surface area contributed by atoms with Crippen molar-refractivity contribution in [1.29, 1.82) is 0 Å². The Morgan fingerprint density at radius 3 is 2.80 bits per heavy atom. The molecule has 4 N–H and O–H groups in total. The molecule has 0 bridgehead atoms. The average Bonchev–Trinajstić information content (AvgIpc) is 2.29. The first kappa shape index (κ1) is 11.2. The standard InChI is InChI=1S/C8H12N4O3/c9-8(12-14)6-4-11-7(5-10-6)15-3-1-2-13/h4-5,13-14H,1-3H2,(H2,9,12). The average molecular weight is 212 g/mol. The highest BCUT2D eigenvalue weighted by Crippen LogP contribution is 2.03. The molecule has 0 aromatic carbocycles. The summed E-state index contributed by atoms with van der Waals surface area (Å²) >= 11 is 0. The van der Waals surface area contributed by atoms with Crippen LogP contribution >= 0.6 is 0 Å². The van der Waals surface area contributed by atoms with Gasteiger partial charge in [-0.15, -0.1) is 0 Å². The van der Waals surface area contributed by atoms with Gasteiger partial charge >= 0.3 is 0 Å². The summed E-state index contributed by atoms with van der Waals surface area (Å²) in [6.45, 7) is 0.434. The second-order valence-corrected chi connectivity index (χ2v) is 2.65. The van der Waals surface area contributed by atoms with Gasteiger partial charge in [0, 0.05) is 13.0 Å². The van der Waals surface area contributed by atoms with Gasteiger partial charge in [0.1, 0.15) is 5.69 Å². The fraction of sp³-hybridized carbons (Fsp3) is 0.375. The van der Waals surface area contributed by atoms with Gasteiger partial charge < -0.3 is 20.8 Å². The van der Waals surface area contributed by atoms with Gasteiger partial charge in [-0.1, -0.05) is 5.16 Å². The number of aliphatic hydroxyl groups is 1. The lowest BCUT2D eigenvalue weighted by Crippen LogP contribution is -2.15. The van der Waals surface area contributed by atoms with Crippen molar-refractivity contribution in [3.8, 4) is 5.88 Å². The van der Waals surface area contributed by atoms with E-state index in [-0.39, 0.29) is 18.1 Å². The Bertz CT molecular complexity index is 325. The van der Waals surface area contributed by atoms with Gasteiger partial charge in [0.2, 0.25) is 5.88 Å². The van der Waals surface area contributed by atoms with Gasteiger partial charge in [0.05, 0.1) is 19.0 Å². The third kappa shape index (κ3) is 3.39. The summed E-state index contributed by atoms with van der Waals surface area (Å²) in [6.07, 6.45) is 3.23. The molecule has 0 radical (unpaired) electrons. The number of aromatic nitrogens is 2. The van der Waals surface area contributed by atoms with Crippen molar-refractivity contribution >= 4 is 5.84 Å². The lowest BCUT2D eigenvalue weighted by molar-refractivity contribution is 0.229. The smallest absolute Gasteiger partial charge is 0.232 e. The summed E-state index contributed by atoms with van der Waals surface area (Å²) in [6, 6.07) is 0. The molecular weight excluding hydrogens is 200 g/mol. The number of rotatable bonds is 5. The number of aliphatic hydroxyl groups excluding tert-OH is 1. The van der Waals surface area contributed by atoms with Crippen LogP contribution in [0.15, 0.2) is 17.5 Å². The first-order chi connectivity index (χ1) is 7.27. The zero-order valence-electron chi connectivity index (χ0n) is 8.00. The van der Waals surface area contributed by atoms with Gasteiger partial charge in [0.25, 0.3) is 0 Å². The van der Waals surface area contributed by atoms with E-state index in [1.54, 1.807) is 0 Å². The zero-order valence-corrected chi connectivity index (χ0v) is 8.00. The number of ether oxygens (including phenoxy) is 1. The quantitative estimate of drug-likeness (QED) is 0.196. The van der Waals surface area contributed by atoms with Crippen LogP contribution in [0.2, 0.25) is 0 Å². The fourth-order valence-corrected chi connectivity index (χ4v) is 0.816. The molecule has 0 unspecified atom stereocenters. The summed E-state index contributed by atoms with van der Waals surface area (Å²) in [4.78, 5) is 7.74. The van der Waals surface area contributed by atoms with E-state index in [4.69, 9.17) is 20.8 Å². The van der Waals surface area contributed by atoms with Gasteiger partial charge in [-0.3, -0.25) is 0 Å². The van der Waals surface area contributed by atoms with Crippen molar-refractivity contribution in [2.24, 2.45) is 10.9 Å². The minimum atomic E-state index is -0.107. The number of amidine groups is 1. The molecule has 0 saturated carbocycles. The van der Waals surface area contributed by atoms with Crippen molar-refractivity contribution < 1.29 is 15.1 Å². The van der Waals surface area contributed by atoms with Crippen molar-refractivity contribution in [2.45, 2.75) is 6.42 Å². The third-order valence-corrected chi connectivity index (χ3v) is 1.55. The van der Waals surface area contributed by atoms with Crippen LogP contribution in [0, 0.1) is 0 Å². The van der Waals surface area contributed by atoms with Crippen LogP contribution in [0.25, 0.3) is 0 Å². The monoisotopic (exact) mass is 212 g/mol. The molecule has 1 aromatic rings. The molecule has 0 fully saturated rings. The summed E-state index contributed by atoms with van der Waals surface area (Å²) in [5.74, 6) is 0.224. The van der Waals surface area contributed by atoms with Crippen molar-refractivity contribution in [3.63, 3.8) is 0 Å². The third-order valence-electron chi connectivity index (χ3n) is 1.55. The molecule has 15 heavy (non-hydrogen) atoms. The zero-order chi connectivity index (χ0) is 11.1. The van der Waals surface area contributed by atoms with Gasteiger partial charge in [-0.25, -0.2) is 9.97 Å². The molecule has 0 amide bonds. The maximum atomic E-state index is 8.52. The molecule has 0 atom stereocenters. The second kappa shape index (κ2) is 5.76. The largest absolute Gasteiger partial charge is 0.476 e. The number of nitrogens with two attached hydrogens (primary N) is 1. The van der Waals surface area contributed by atoms with Crippen LogP contribution in [0.3, 0.4) is 0 Å². The van der Waals surface area contributed by atoms with E-state index in [1.807, 2.05) is 0 Å². The topological polar surface area (TPSA) is 114 Å². The Morgan fingerprint density at radius 1 is 1.47 bits per heavy atom. The molecule has 82 valence electrons. The highest BCUT2D eigenvalue weighted by molar-refractivity contribution is 5.94. The second-order valence-electron chi connectivity index (χ2n) is 2.65. The van der Waals surface area contributed by atoms with E-state index < -0.39 is 0 Å². The maximum absolute atomic E-state index is 8.52. The Balaban J connectivity index is 2.56. The highest BCUT2D eigenvalue weighted by Gasteiger charge is 2.02. The molecule has 0 aliphatic carbocycles. The maximum Gasteiger partial charge on any atom is 0.232 e. The van der Waals surface area contributed by atoms with Crippen molar-refractivity contribution in [3.05, 3.63) is 18.1 Å². The molecule has 0 spiro atoms. The van der Waals surface area contributed by atoms with Crippen LogP contribution in [-0.2, 0) is 0 Å². The minimum Gasteiger partial charge on any atom is -0.476 e. The van der Waals surface area contributed by atoms with Gasteiger partial charge in [0.15, 0.2) is 5.84 Å². The number of nitrogens with zero attached hydrogens (tertiary/aromatic N) is 3. The summed E-state index contributed by atoms with van der Waals surface area (Å²) in [7, 11) is 0. The predicted octanol–water partition coefficient (Wildman–Crippen LogP) is -0.668. The number of oxime groups is 1. The summed E-state index contributed by atoms with van der Waals surface area (Å²) in [5, 5.41) is 19.7. The van der Waals surface area contributed by atoms with E-state index in [2.05, 4.69) is 15.1 Å². The Hall–Kier alpha value is -1.89. The molecule has 0 saturated heterocycles. The lowest BCUT2D eigenvalue weighted by Gasteiger charge is -2.03. The molecule has 1 heterocycles. The first-order valence-electron chi connectivity index (χ1n) is 4.31. The van der Waals surface area contributed by atoms with E-state index >= 15 is 0 Å². The van der Waals surface area contributed by atoms with Crippen LogP contribution in [0.4, 0.5) is 0 Å². The lowest BCUT2D eigenvalue weighted by atomic mass is 10.4. The molecular formula is C8H12N4O3. The Kier molecular flexibility index (Phi) is 4.30. The van der Waals surface area contributed by atoms with E-state index in [0.29, 0.717) is 18.9 Å². The minimum absolute atomic E-state index is 0.0651. The fourth-order valence-electron chi connectivity index (χ4n) is 0.816. The van der Waals surface area contributed by atoms with E-state index in [1.165, 1.54) is 12.4 Å². The van der Waals surface area contributed by atoms with Crippen molar-refractivity contribution in [2.75, 3.05) is 13.2 Å². The molecule has 1 rings (SSSR count). The molecule has 0 aliphatic heterocycles. The van der Waals surface area contributed by atoms with Crippen molar-refractivity contribution in [1.82, 2.24) is 9.97 Å². The molecule has 7 nitrogen and oxygen atoms in total. The molecule has 1 aromatic heterocycles. The number of hydrogen-bond acceptors (Lipinski definition) is 6. The predicted molar refractivity (Wildman–Crippen MR) is 51.7 cm³/mol. The van der Waals surface area contributed by atoms with Crippen LogP contribution in [0.5, 0.6) is 5.88 Å². The van der Waals surface area contributed by atoms with Gasteiger partial charge in [-0.05, 0) is 0 Å². The Labute approximate surface area is 86.2 Å². The van der Waals surface area contributed by atoms with E-state index in [9.17, 15) is 0 Å². The summed E-state index contributed by atoms with van der Waals surface area (Å²) < 4.78 is 5.14. The summed E-state index contributed by atoms with van der Waals surface area (Å²) in [5.41, 5.74) is 5.56. The van der Waals surface area contributed by atoms with Crippen LogP contribution in [0.1, 0.15) is 12.1 Å². The normalized spacial score (nSPS) is 11.4. The Morgan fingerprint density at radius 2 is 2.27 bits per heavy atom. The number of hydrogen-bond donors (Lipinski definition) is 3.